The molecule has 2 N–H and O–H groups in total. The Morgan fingerprint density at radius 3 is 2.33 bits per heavy atom. The van der Waals surface area contributed by atoms with Crippen LogP contribution in [0.15, 0.2) is 0 Å². The summed E-state index contributed by atoms with van der Waals surface area (Å²) in [6.45, 7) is 8.89. The Hall–Kier alpha value is -0.0800. The van der Waals surface area contributed by atoms with E-state index >= 15 is 0 Å². The maximum Gasteiger partial charge on any atom is 0.0494 e. The Morgan fingerprint density at radius 2 is 1.80 bits per heavy atom. The van der Waals surface area contributed by atoms with Crippen LogP contribution in [-0.4, -0.2) is 24.8 Å². The number of hydrogen-bond donors (Lipinski definition) is 2. The molecule has 2 nitrogen and oxygen atoms in total. The molecule has 1 aliphatic rings. The number of nitrogens with one attached hydrogen (secondary N) is 1. The molecule has 0 unspecified atom stereocenters. The second kappa shape index (κ2) is 5.86. The summed E-state index contributed by atoms with van der Waals surface area (Å²) in [5.41, 5.74) is 0.0297. The van der Waals surface area contributed by atoms with Crippen LogP contribution in [0.2, 0.25) is 0 Å². The number of hydrogen-bond acceptors (Lipinski definition) is 2. The first-order valence-corrected chi connectivity index (χ1v) is 6.35. The Labute approximate surface area is 94.5 Å². The first-order chi connectivity index (χ1) is 7.03. The summed E-state index contributed by atoms with van der Waals surface area (Å²) in [6, 6.07) is 0. The van der Waals surface area contributed by atoms with Crippen LogP contribution in [0.5, 0.6) is 0 Å². The lowest BCUT2D eigenvalue weighted by Crippen LogP contribution is -2.35. The van der Waals surface area contributed by atoms with Crippen molar-refractivity contribution in [1.29, 1.82) is 0 Å². The second-order valence-electron chi connectivity index (χ2n) is 6.08. The summed E-state index contributed by atoms with van der Waals surface area (Å²) in [6.07, 6.45) is 5.56. The van der Waals surface area contributed by atoms with E-state index in [-0.39, 0.29) is 12.0 Å². The largest absolute Gasteiger partial charge is 0.396 e. The molecule has 90 valence electrons. The maximum absolute atomic E-state index is 9.13. The van der Waals surface area contributed by atoms with Crippen molar-refractivity contribution in [3.05, 3.63) is 0 Å². The molecule has 0 aliphatic heterocycles. The minimum absolute atomic E-state index is 0.0297. The molecule has 15 heavy (non-hydrogen) atoms. The van der Waals surface area contributed by atoms with Crippen molar-refractivity contribution in [1.82, 2.24) is 5.32 Å². The number of aliphatic hydroxyl groups is 1. The van der Waals surface area contributed by atoms with Gasteiger partial charge < -0.3 is 10.4 Å². The monoisotopic (exact) mass is 213 g/mol. The molecule has 0 saturated heterocycles. The summed E-state index contributed by atoms with van der Waals surface area (Å²) in [5, 5.41) is 12.6. The van der Waals surface area contributed by atoms with Gasteiger partial charge in [0.05, 0.1) is 0 Å². The van der Waals surface area contributed by atoms with Crippen molar-refractivity contribution in [2.75, 3.05) is 19.7 Å². The molecule has 0 spiro atoms. The molecule has 2 heteroatoms. The maximum atomic E-state index is 9.13. The van der Waals surface area contributed by atoms with E-state index in [9.17, 15) is 0 Å². The molecule has 0 aromatic heterocycles. The van der Waals surface area contributed by atoms with Gasteiger partial charge in [0, 0.05) is 18.6 Å². The highest BCUT2D eigenvalue weighted by atomic mass is 16.3. The van der Waals surface area contributed by atoms with Crippen molar-refractivity contribution >= 4 is 0 Å². The van der Waals surface area contributed by atoms with Crippen LogP contribution in [-0.2, 0) is 0 Å². The first kappa shape index (κ1) is 13.0. The minimum Gasteiger partial charge on any atom is -0.396 e. The fourth-order valence-electron chi connectivity index (χ4n) is 2.20. The van der Waals surface area contributed by atoms with Crippen molar-refractivity contribution in [3.63, 3.8) is 0 Å². The van der Waals surface area contributed by atoms with Crippen molar-refractivity contribution < 1.29 is 5.11 Å². The third-order valence-corrected chi connectivity index (χ3v) is 3.60. The average molecular weight is 213 g/mol. The summed E-state index contributed by atoms with van der Waals surface area (Å²) in [7, 11) is 0. The summed E-state index contributed by atoms with van der Waals surface area (Å²) in [5.74, 6) is 1.81. The van der Waals surface area contributed by atoms with Gasteiger partial charge in [0.1, 0.15) is 0 Å². The van der Waals surface area contributed by atoms with Crippen LogP contribution < -0.4 is 5.32 Å². The molecule has 0 atom stereocenters. The van der Waals surface area contributed by atoms with Gasteiger partial charge in [0.2, 0.25) is 0 Å². The molecule has 0 bridgehead atoms. The Balaban J connectivity index is 2.10. The third kappa shape index (κ3) is 4.98. The molecule has 1 aliphatic carbocycles. The highest BCUT2D eigenvalue weighted by Crippen LogP contribution is 2.27. The zero-order chi connectivity index (χ0) is 11.3. The standard InChI is InChI=1S/C13H27NO/c1-11-4-6-12(7-5-11)8-14-9-13(2,3)10-15/h11-12,14-15H,4-10H2,1-3H3. The van der Waals surface area contributed by atoms with E-state index < -0.39 is 0 Å². The fraction of sp³-hybridized carbons (Fsp3) is 1.00. The predicted octanol–water partition coefficient (Wildman–Crippen LogP) is 2.42. The summed E-state index contributed by atoms with van der Waals surface area (Å²) >= 11 is 0. The van der Waals surface area contributed by atoms with Gasteiger partial charge in [0.25, 0.3) is 0 Å². The Bertz CT molecular complexity index is 171. The van der Waals surface area contributed by atoms with Gasteiger partial charge in [-0.3, -0.25) is 0 Å². The molecule has 0 radical (unpaired) electrons. The zero-order valence-electron chi connectivity index (χ0n) is 10.6. The van der Waals surface area contributed by atoms with E-state index in [0.29, 0.717) is 0 Å². The van der Waals surface area contributed by atoms with Crippen LogP contribution in [0, 0.1) is 17.3 Å². The fourth-order valence-corrected chi connectivity index (χ4v) is 2.20. The molecular formula is C13H27NO. The van der Waals surface area contributed by atoms with Gasteiger partial charge in [-0.2, -0.15) is 0 Å². The molecule has 0 heterocycles. The highest BCUT2D eigenvalue weighted by molar-refractivity contribution is 4.75. The SMILES string of the molecule is CC1CCC(CNCC(C)(C)CO)CC1. The molecule has 1 fully saturated rings. The minimum atomic E-state index is 0.0297. The summed E-state index contributed by atoms with van der Waals surface area (Å²) in [4.78, 5) is 0. The molecule has 1 saturated carbocycles. The Morgan fingerprint density at radius 1 is 1.20 bits per heavy atom. The topological polar surface area (TPSA) is 32.3 Å². The van der Waals surface area contributed by atoms with Gasteiger partial charge >= 0.3 is 0 Å². The van der Waals surface area contributed by atoms with E-state index in [2.05, 4.69) is 26.1 Å². The lowest BCUT2D eigenvalue weighted by atomic mass is 9.83. The number of rotatable bonds is 5. The molecule has 0 aromatic rings. The van der Waals surface area contributed by atoms with Gasteiger partial charge in [-0.25, -0.2) is 0 Å². The summed E-state index contributed by atoms with van der Waals surface area (Å²) < 4.78 is 0. The quantitative estimate of drug-likeness (QED) is 0.735. The van der Waals surface area contributed by atoms with E-state index in [0.717, 1.165) is 24.9 Å². The zero-order valence-corrected chi connectivity index (χ0v) is 10.6. The lowest BCUT2D eigenvalue weighted by molar-refractivity contribution is 0.153. The Kier molecular flexibility index (Phi) is 5.07. The van der Waals surface area contributed by atoms with Crippen LogP contribution in [0.4, 0.5) is 0 Å². The van der Waals surface area contributed by atoms with Crippen molar-refractivity contribution in [2.45, 2.75) is 46.5 Å². The van der Waals surface area contributed by atoms with E-state index in [1.165, 1.54) is 25.7 Å². The second-order valence-corrected chi connectivity index (χ2v) is 6.08. The van der Waals surface area contributed by atoms with Gasteiger partial charge in [-0.15, -0.1) is 0 Å². The van der Waals surface area contributed by atoms with Gasteiger partial charge in [0.15, 0.2) is 0 Å². The smallest absolute Gasteiger partial charge is 0.0494 e. The van der Waals surface area contributed by atoms with Crippen molar-refractivity contribution in [3.8, 4) is 0 Å². The normalized spacial score (nSPS) is 28.0. The highest BCUT2D eigenvalue weighted by Gasteiger charge is 2.20. The van der Waals surface area contributed by atoms with E-state index in [1.807, 2.05) is 0 Å². The molecule has 1 rings (SSSR count). The predicted molar refractivity (Wildman–Crippen MR) is 64.9 cm³/mol. The van der Waals surface area contributed by atoms with E-state index in [4.69, 9.17) is 5.11 Å². The van der Waals surface area contributed by atoms with Crippen LogP contribution in [0.1, 0.15) is 46.5 Å². The molecule has 0 aromatic carbocycles. The number of aliphatic hydroxyl groups excluding tert-OH is 1. The van der Waals surface area contributed by atoms with Crippen LogP contribution in [0.25, 0.3) is 0 Å². The lowest BCUT2D eigenvalue weighted by Gasteiger charge is -2.28. The van der Waals surface area contributed by atoms with Gasteiger partial charge in [-0.05, 0) is 31.2 Å². The first-order valence-electron chi connectivity index (χ1n) is 6.35. The average Bonchev–Trinajstić information content (AvgIpc) is 2.21. The molecule has 0 amide bonds. The van der Waals surface area contributed by atoms with Crippen LogP contribution in [0.3, 0.4) is 0 Å². The van der Waals surface area contributed by atoms with Gasteiger partial charge in [-0.1, -0.05) is 33.6 Å². The third-order valence-electron chi connectivity index (χ3n) is 3.60. The molecular weight excluding hydrogens is 186 g/mol. The van der Waals surface area contributed by atoms with Crippen LogP contribution >= 0.6 is 0 Å². The van der Waals surface area contributed by atoms with E-state index in [1.54, 1.807) is 0 Å². The van der Waals surface area contributed by atoms with Crippen molar-refractivity contribution in [2.24, 2.45) is 17.3 Å².